The van der Waals surface area contributed by atoms with Crippen molar-refractivity contribution in [2.45, 2.75) is 6.61 Å². The van der Waals surface area contributed by atoms with E-state index in [1.165, 1.54) is 7.11 Å². The van der Waals surface area contributed by atoms with Crippen molar-refractivity contribution in [2.75, 3.05) is 19.0 Å². The summed E-state index contributed by atoms with van der Waals surface area (Å²) >= 11 is 7.61. The molecule has 0 atom stereocenters. The molecule has 0 unspecified atom stereocenters. The van der Waals surface area contributed by atoms with Crippen molar-refractivity contribution >= 4 is 72.4 Å². The first kappa shape index (κ1) is 25.9. The van der Waals surface area contributed by atoms with E-state index in [0.29, 0.717) is 31.7 Å². The molecule has 1 saturated heterocycles. The topological polar surface area (TPSA) is 97.8 Å². The van der Waals surface area contributed by atoms with Gasteiger partial charge in [0, 0.05) is 10.7 Å². The van der Waals surface area contributed by atoms with E-state index in [-0.39, 0.29) is 11.5 Å². The number of para-hydroxylation sites is 1. The number of thioether (sulfide) groups is 1. The maximum Gasteiger partial charge on any atom is 0.294 e. The zero-order chi connectivity index (χ0) is 25.7. The largest absolute Gasteiger partial charge is 0.493 e. The number of pyridine rings is 1. The van der Waals surface area contributed by atoms with Crippen molar-refractivity contribution in [3.05, 3.63) is 85.9 Å². The maximum absolute atomic E-state index is 12.9. The van der Waals surface area contributed by atoms with Gasteiger partial charge in [-0.25, -0.2) is 0 Å². The van der Waals surface area contributed by atoms with Crippen LogP contribution in [0, 0.1) is 0 Å². The van der Waals surface area contributed by atoms with Gasteiger partial charge < -0.3 is 14.8 Å². The number of rotatable bonds is 8. The number of aromatic nitrogens is 1. The summed E-state index contributed by atoms with van der Waals surface area (Å²) in [6.45, 7) is -0.147. The molecule has 36 heavy (non-hydrogen) atoms. The lowest BCUT2D eigenvalue weighted by Gasteiger charge is -2.14. The number of ether oxygens (including phenoxy) is 2. The van der Waals surface area contributed by atoms with Crippen molar-refractivity contribution in [3.63, 3.8) is 0 Å². The number of hydrogen-bond donors (Lipinski definition) is 1. The van der Waals surface area contributed by atoms with Gasteiger partial charge >= 0.3 is 0 Å². The van der Waals surface area contributed by atoms with Gasteiger partial charge in [-0.05, 0) is 91.7 Å². The van der Waals surface area contributed by atoms with Gasteiger partial charge in [0.2, 0.25) is 5.91 Å². The Morgan fingerprint density at radius 1 is 1.11 bits per heavy atom. The zero-order valence-electron chi connectivity index (χ0n) is 18.9. The summed E-state index contributed by atoms with van der Waals surface area (Å²) in [4.78, 5) is 43.2. The van der Waals surface area contributed by atoms with Crippen LogP contribution in [0.2, 0.25) is 0 Å². The number of hydrogen-bond acceptors (Lipinski definition) is 7. The fourth-order valence-electron chi connectivity index (χ4n) is 3.28. The molecule has 0 bridgehead atoms. The highest BCUT2D eigenvalue weighted by atomic mass is 79.9. The number of methoxy groups -OCH3 is 1. The van der Waals surface area contributed by atoms with E-state index in [9.17, 15) is 14.4 Å². The van der Waals surface area contributed by atoms with E-state index in [2.05, 4.69) is 42.2 Å². The molecule has 3 amide bonds. The fourth-order valence-corrected chi connectivity index (χ4v) is 5.07. The Morgan fingerprint density at radius 2 is 1.89 bits per heavy atom. The molecule has 8 nitrogen and oxygen atoms in total. The fraction of sp³-hybridized carbons (Fsp3) is 0.120. The number of halogens is 2. The van der Waals surface area contributed by atoms with Crippen molar-refractivity contribution in [2.24, 2.45) is 0 Å². The van der Waals surface area contributed by atoms with Crippen molar-refractivity contribution < 1.29 is 23.9 Å². The number of amides is 3. The summed E-state index contributed by atoms with van der Waals surface area (Å²) < 4.78 is 12.7. The van der Waals surface area contributed by atoms with Crippen LogP contribution in [0.3, 0.4) is 0 Å². The summed E-state index contributed by atoms with van der Waals surface area (Å²) in [5.41, 5.74) is 1.92. The van der Waals surface area contributed by atoms with Crippen molar-refractivity contribution in [3.8, 4) is 11.5 Å². The highest BCUT2D eigenvalue weighted by molar-refractivity contribution is 9.11. The lowest BCUT2D eigenvalue weighted by Crippen LogP contribution is -2.36. The third-order valence-electron chi connectivity index (χ3n) is 4.96. The molecule has 1 N–H and O–H groups in total. The third-order valence-corrected chi connectivity index (χ3v) is 7.15. The van der Waals surface area contributed by atoms with Crippen LogP contribution in [0.5, 0.6) is 11.5 Å². The highest BCUT2D eigenvalue weighted by Crippen LogP contribution is 2.39. The second-order valence-corrected chi connectivity index (χ2v) is 10.1. The Kier molecular flexibility index (Phi) is 8.44. The van der Waals surface area contributed by atoms with Crippen LogP contribution in [-0.2, 0) is 16.2 Å². The summed E-state index contributed by atoms with van der Waals surface area (Å²) in [5, 5.41) is 2.17. The van der Waals surface area contributed by atoms with Gasteiger partial charge in [0.15, 0.2) is 11.5 Å². The minimum Gasteiger partial charge on any atom is -0.493 e. The number of nitrogens with one attached hydrogen (secondary N) is 1. The highest BCUT2D eigenvalue weighted by Gasteiger charge is 2.36. The van der Waals surface area contributed by atoms with Gasteiger partial charge in [-0.15, -0.1) is 0 Å². The predicted octanol–water partition coefficient (Wildman–Crippen LogP) is 5.87. The first-order chi connectivity index (χ1) is 17.4. The minimum atomic E-state index is -0.544. The maximum atomic E-state index is 12.9. The molecule has 4 rings (SSSR count). The Hall–Kier alpha value is -3.15. The van der Waals surface area contributed by atoms with E-state index in [1.54, 1.807) is 42.6 Å². The normalized spacial score (nSPS) is 14.3. The number of carbonyl (C=O) groups is 3. The Balaban J connectivity index is 1.47. The van der Waals surface area contributed by atoms with Gasteiger partial charge in [0.05, 0.1) is 27.9 Å². The average Bonchev–Trinajstić information content (AvgIpc) is 3.12. The van der Waals surface area contributed by atoms with E-state index in [1.807, 2.05) is 24.3 Å². The Labute approximate surface area is 228 Å². The summed E-state index contributed by atoms with van der Waals surface area (Å²) in [6.07, 6.45) is 3.26. The molecule has 1 aliphatic rings. The molecule has 11 heteroatoms. The van der Waals surface area contributed by atoms with Crippen LogP contribution < -0.4 is 14.8 Å². The van der Waals surface area contributed by atoms with E-state index >= 15 is 0 Å². The second-order valence-electron chi connectivity index (χ2n) is 7.44. The van der Waals surface area contributed by atoms with E-state index in [0.717, 1.165) is 22.4 Å². The van der Waals surface area contributed by atoms with Gasteiger partial charge in [-0.1, -0.05) is 18.2 Å². The first-order valence-corrected chi connectivity index (χ1v) is 13.0. The van der Waals surface area contributed by atoms with Crippen LogP contribution in [0.25, 0.3) is 6.08 Å². The standard InChI is InChI=1S/C25H19Br2N3O5S/c1-34-20-11-15(10-18(27)23(20)35-14-16-6-4-5-9-28-16)12-21-24(32)30(25(33)36-21)13-22(31)29-19-8-3-2-7-17(19)26/h2-12H,13-14H2,1H3,(H,29,31)/b21-12+. The first-order valence-electron chi connectivity index (χ1n) is 10.6. The van der Waals surface area contributed by atoms with E-state index < -0.39 is 23.6 Å². The van der Waals surface area contributed by atoms with Crippen LogP contribution >= 0.6 is 43.6 Å². The van der Waals surface area contributed by atoms with Crippen LogP contribution in [0.4, 0.5) is 10.5 Å². The predicted molar refractivity (Wildman–Crippen MR) is 145 cm³/mol. The molecular weight excluding hydrogens is 614 g/mol. The molecule has 0 saturated carbocycles. The number of anilines is 1. The van der Waals surface area contributed by atoms with Crippen molar-refractivity contribution in [1.82, 2.24) is 9.88 Å². The molecule has 0 radical (unpaired) electrons. The number of carbonyl (C=O) groups excluding carboxylic acids is 3. The third kappa shape index (κ3) is 6.15. The molecule has 1 aliphatic heterocycles. The average molecular weight is 633 g/mol. The lowest BCUT2D eigenvalue weighted by atomic mass is 10.2. The Morgan fingerprint density at radius 3 is 2.61 bits per heavy atom. The molecule has 2 heterocycles. The smallest absolute Gasteiger partial charge is 0.294 e. The molecule has 1 aromatic heterocycles. The minimum absolute atomic E-state index is 0.199. The SMILES string of the molecule is COc1cc(/C=C2/SC(=O)N(CC(=O)Nc3ccccc3Br)C2=O)cc(Br)c1OCc1ccccn1. The molecule has 1 fully saturated rings. The number of nitrogens with zero attached hydrogens (tertiary/aromatic N) is 2. The molecule has 0 spiro atoms. The molecular formula is C25H19Br2N3O5S. The van der Waals surface area contributed by atoms with Crippen LogP contribution in [0.1, 0.15) is 11.3 Å². The number of benzene rings is 2. The van der Waals surface area contributed by atoms with Gasteiger partial charge in [-0.3, -0.25) is 24.3 Å². The van der Waals surface area contributed by atoms with E-state index in [4.69, 9.17) is 9.47 Å². The lowest BCUT2D eigenvalue weighted by molar-refractivity contribution is -0.127. The number of imide groups is 1. The molecule has 184 valence electrons. The Bertz CT molecular complexity index is 1350. The monoisotopic (exact) mass is 631 g/mol. The zero-order valence-corrected chi connectivity index (χ0v) is 22.9. The van der Waals surface area contributed by atoms with Crippen LogP contribution in [-0.4, -0.2) is 40.6 Å². The van der Waals surface area contributed by atoms with Gasteiger partial charge in [0.1, 0.15) is 13.2 Å². The quantitative estimate of drug-likeness (QED) is 0.310. The van der Waals surface area contributed by atoms with Gasteiger partial charge in [-0.2, -0.15) is 0 Å². The molecule has 2 aromatic carbocycles. The van der Waals surface area contributed by atoms with Crippen molar-refractivity contribution in [1.29, 1.82) is 0 Å². The second kappa shape index (κ2) is 11.7. The van der Waals surface area contributed by atoms with Crippen LogP contribution in [0.15, 0.2) is 74.6 Å². The molecule has 0 aliphatic carbocycles. The summed E-state index contributed by atoms with van der Waals surface area (Å²) in [5.74, 6) is -0.0992. The van der Waals surface area contributed by atoms with Gasteiger partial charge in [0.25, 0.3) is 11.1 Å². The summed E-state index contributed by atoms with van der Waals surface area (Å²) in [7, 11) is 1.51. The molecule has 3 aromatic rings. The summed E-state index contributed by atoms with van der Waals surface area (Å²) in [6, 6.07) is 16.1.